The molecule has 0 radical (unpaired) electrons. The molecule has 0 aromatic carbocycles. The summed E-state index contributed by atoms with van der Waals surface area (Å²) < 4.78 is 3.49. The van der Waals surface area contributed by atoms with E-state index in [1.165, 1.54) is 0 Å². The first-order chi connectivity index (χ1) is 8.06. The van der Waals surface area contributed by atoms with Crippen LogP contribution in [0.2, 0.25) is 0 Å². The summed E-state index contributed by atoms with van der Waals surface area (Å²) in [4.78, 5) is 16.0. The van der Waals surface area contributed by atoms with Crippen LogP contribution in [0, 0.1) is 0 Å². The number of rotatable bonds is 2. The van der Waals surface area contributed by atoms with Gasteiger partial charge in [0.1, 0.15) is 11.5 Å². The summed E-state index contributed by atoms with van der Waals surface area (Å²) in [5.74, 6) is 0.325. The van der Waals surface area contributed by atoms with Crippen LogP contribution < -0.4 is 5.32 Å². The van der Waals surface area contributed by atoms with Gasteiger partial charge < -0.3 is 9.88 Å². The summed E-state index contributed by atoms with van der Waals surface area (Å²) in [6, 6.07) is 5.30. The van der Waals surface area contributed by atoms with E-state index >= 15 is 0 Å². The molecule has 0 aliphatic carbocycles. The molecule has 0 unspecified atom stereocenters. The smallest absolute Gasteiger partial charge is 0.273 e. The predicted octanol–water partition coefficient (Wildman–Crippen LogP) is 3.20. The zero-order valence-corrected chi connectivity index (χ0v) is 12.1. The molecule has 17 heavy (non-hydrogen) atoms. The third-order valence-electron chi connectivity index (χ3n) is 2.17. The highest BCUT2D eigenvalue weighted by atomic mass is 79.9. The molecule has 0 aliphatic rings. The molecule has 1 N–H and O–H groups in total. The molecule has 2 aromatic rings. The van der Waals surface area contributed by atoms with Crippen molar-refractivity contribution < 1.29 is 4.79 Å². The average Bonchev–Trinajstić information content (AvgIpc) is 2.58. The molecule has 0 fully saturated rings. The first kappa shape index (κ1) is 12.3. The third kappa shape index (κ3) is 2.95. The fourth-order valence-corrected chi connectivity index (χ4v) is 2.26. The quantitative estimate of drug-likeness (QED) is 0.896. The van der Waals surface area contributed by atoms with E-state index < -0.39 is 0 Å². The van der Waals surface area contributed by atoms with Crippen LogP contribution in [0.4, 0.5) is 5.82 Å². The Morgan fingerprint density at radius 1 is 1.35 bits per heavy atom. The number of nitrogens with one attached hydrogen (secondary N) is 1. The van der Waals surface area contributed by atoms with E-state index in [-0.39, 0.29) is 5.91 Å². The van der Waals surface area contributed by atoms with Gasteiger partial charge in [0.05, 0.1) is 0 Å². The van der Waals surface area contributed by atoms with Crippen LogP contribution in [0.15, 0.2) is 39.5 Å². The Labute approximate surface area is 115 Å². The van der Waals surface area contributed by atoms with Gasteiger partial charge in [-0.2, -0.15) is 0 Å². The summed E-state index contributed by atoms with van der Waals surface area (Å²) in [5, 5.41) is 2.73. The van der Waals surface area contributed by atoms with Crippen molar-refractivity contribution in [2.75, 3.05) is 5.32 Å². The van der Waals surface area contributed by atoms with Crippen molar-refractivity contribution in [3.05, 3.63) is 45.2 Å². The second kappa shape index (κ2) is 5.01. The molecule has 0 saturated heterocycles. The van der Waals surface area contributed by atoms with E-state index in [1.54, 1.807) is 29.0 Å². The highest BCUT2D eigenvalue weighted by Crippen LogP contribution is 2.16. The van der Waals surface area contributed by atoms with Crippen LogP contribution in [0.5, 0.6) is 0 Å². The molecule has 1 amide bonds. The molecule has 0 saturated carbocycles. The number of aryl methyl sites for hydroxylation is 1. The number of halogens is 2. The van der Waals surface area contributed by atoms with Crippen LogP contribution in [0.3, 0.4) is 0 Å². The van der Waals surface area contributed by atoms with Gasteiger partial charge in [-0.1, -0.05) is 15.9 Å². The molecule has 88 valence electrons. The van der Waals surface area contributed by atoms with Crippen LogP contribution in [0.25, 0.3) is 0 Å². The highest BCUT2D eigenvalue weighted by Gasteiger charge is 2.11. The summed E-state index contributed by atoms with van der Waals surface area (Å²) in [6.45, 7) is 0. The molecule has 4 nitrogen and oxygen atoms in total. The number of carbonyl (C=O) groups is 1. The van der Waals surface area contributed by atoms with Crippen molar-refractivity contribution >= 4 is 43.6 Å². The Bertz CT molecular complexity index is 566. The van der Waals surface area contributed by atoms with Crippen molar-refractivity contribution in [3.8, 4) is 0 Å². The molecule has 0 bridgehead atoms. The van der Waals surface area contributed by atoms with Gasteiger partial charge in [-0.05, 0) is 34.1 Å². The van der Waals surface area contributed by atoms with Gasteiger partial charge in [-0.25, -0.2) is 4.98 Å². The number of pyridine rings is 1. The number of anilines is 1. The van der Waals surface area contributed by atoms with Crippen LogP contribution in [-0.4, -0.2) is 15.5 Å². The normalized spacial score (nSPS) is 10.3. The lowest BCUT2D eigenvalue weighted by atomic mass is 10.4. The maximum Gasteiger partial charge on any atom is 0.273 e. The monoisotopic (exact) mass is 357 g/mol. The minimum atomic E-state index is -0.191. The Hall–Kier alpha value is -1.14. The number of amides is 1. The second-order valence-electron chi connectivity index (χ2n) is 3.47. The van der Waals surface area contributed by atoms with Crippen LogP contribution in [-0.2, 0) is 7.05 Å². The van der Waals surface area contributed by atoms with Gasteiger partial charge >= 0.3 is 0 Å². The summed E-state index contributed by atoms with van der Waals surface area (Å²) >= 11 is 6.65. The number of carbonyl (C=O) groups excluding carboxylic acids is 1. The molecule has 2 aromatic heterocycles. The lowest BCUT2D eigenvalue weighted by Gasteiger charge is -2.05. The molecular weight excluding hydrogens is 350 g/mol. The third-order valence-corrected chi connectivity index (χ3v) is 3.09. The summed E-state index contributed by atoms with van der Waals surface area (Å²) in [5.41, 5.74) is 0.568. The predicted molar refractivity (Wildman–Crippen MR) is 73.0 cm³/mol. The maximum absolute atomic E-state index is 12.0. The standard InChI is InChI=1S/C11H9Br2N3O/c1-16-6-8(13)4-9(16)11(17)15-10-5-7(12)2-3-14-10/h2-6H,1H3,(H,14,15,17). The minimum absolute atomic E-state index is 0.191. The first-order valence-electron chi connectivity index (χ1n) is 4.81. The van der Waals surface area contributed by atoms with E-state index in [2.05, 4.69) is 42.2 Å². The van der Waals surface area contributed by atoms with Gasteiger partial charge in [0.15, 0.2) is 0 Å². The fraction of sp³-hybridized carbons (Fsp3) is 0.0909. The zero-order chi connectivity index (χ0) is 12.4. The molecule has 2 rings (SSSR count). The Morgan fingerprint density at radius 3 is 2.71 bits per heavy atom. The van der Waals surface area contributed by atoms with Crippen molar-refractivity contribution in [1.29, 1.82) is 0 Å². The Morgan fingerprint density at radius 2 is 2.12 bits per heavy atom. The second-order valence-corrected chi connectivity index (χ2v) is 5.30. The van der Waals surface area contributed by atoms with Gasteiger partial charge in [-0.15, -0.1) is 0 Å². The fourth-order valence-electron chi connectivity index (χ4n) is 1.40. The molecular formula is C11H9Br2N3O. The van der Waals surface area contributed by atoms with Gasteiger partial charge in [0, 0.05) is 28.4 Å². The number of hydrogen-bond donors (Lipinski definition) is 1. The van der Waals surface area contributed by atoms with E-state index in [0.717, 1.165) is 8.95 Å². The Balaban J connectivity index is 2.20. The van der Waals surface area contributed by atoms with E-state index in [4.69, 9.17) is 0 Å². The van der Waals surface area contributed by atoms with Gasteiger partial charge in [-0.3, -0.25) is 4.79 Å². The minimum Gasteiger partial charge on any atom is -0.345 e. The summed E-state index contributed by atoms with van der Waals surface area (Å²) in [7, 11) is 1.81. The van der Waals surface area contributed by atoms with Crippen LogP contribution >= 0.6 is 31.9 Å². The zero-order valence-electron chi connectivity index (χ0n) is 8.95. The van der Waals surface area contributed by atoms with E-state index in [9.17, 15) is 4.79 Å². The van der Waals surface area contributed by atoms with Gasteiger partial charge in [0.2, 0.25) is 0 Å². The number of aromatic nitrogens is 2. The lowest BCUT2D eigenvalue weighted by molar-refractivity contribution is 0.101. The average molecular weight is 359 g/mol. The molecule has 2 heterocycles. The SMILES string of the molecule is Cn1cc(Br)cc1C(=O)Nc1cc(Br)ccn1. The Kier molecular flexibility index (Phi) is 3.63. The van der Waals surface area contributed by atoms with Gasteiger partial charge in [0.25, 0.3) is 5.91 Å². The van der Waals surface area contributed by atoms with E-state index in [0.29, 0.717) is 11.5 Å². The first-order valence-corrected chi connectivity index (χ1v) is 6.39. The van der Waals surface area contributed by atoms with Crippen molar-refractivity contribution in [1.82, 2.24) is 9.55 Å². The van der Waals surface area contributed by atoms with Crippen LogP contribution in [0.1, 0.15) is 10.5 Å². The number of hydrogen-bond acceptors (Lipinski definition) is 2. The largest absolute Gasteiger partial charge is 0.345 e. The van der Waals surface area contributed by atoms with Crippen molar-refractivity contribution in [2.24, 2.45) is 7.05 Å². The molecule has 6 heteroatoms. The maximum atomic E-state index is 12.0. The van der Waals surface area contributed by atoms with E-state index in [1.807, 2.05) is 13.2 Å². The molecule has 0 atom stereocenters. The topological polar surface area (TPSA) is 46.9 Å². The molecule has 0 spiro atoms. The highest BCUT2D eigenvalue weighted by molar-refractivity contribution is 9.10. The molecule has 0 aliphatic heterocycles. The summed E-state index contributed by atoms with van der Waals surface area (Å²) in [6.07, 6.45) is 3.45. The van der Waals surface area contributed by atoms with Crippen molar-refractivity contribution in [3.63, 3.8) is 0 Å². The number of nitrogens with zero attached hydrogens (tertiary/aromatic N) is 2. The lowest BCUT2D eigenvalue weighted by Crippen LogP contribution is -2.16. The van der Waals surface area contributed by atoms with Crippen molar-refractivity contribution in [2.45, 2.75) is 0 Å².